The number of guanidine groups is 1. The molecule has 100 heavy (non-hydrogen) atoms. The Balaban J connectivity index is 1.78. The summed E-state index contributed by atoms with van der Waals surface area (Å²) in [6, 6.07) is -6.20. The van der Waals surface area contributed by atoms with Gasteiger partial charge in [0.25, 0.3) is 0 Å². The van der Waals surface area contributed by atoms with Crippen LogP contribution in [0.2, 0.25) is 0 Å². The predicted octanol–water partition coefficient (Wildman–Crippen LogP) is -7.40. The summed E-state index contributed by atoms with van der Waals surface area (Å²) in [6.07, 6.45) is -3.84. The normalized spacial score (nSPS) is 15.4. The zero-order valence-corrected chi connectivity index (χ0v) is 56.2. The summed E-state index contributed by atoms with van der Waals surface area (Å²) < 4.78 is 0. The molecule has 1 aliphatic heterocycles. The third-order valence-electron chi connectivity index (χ3n) is 15.0. The molecule has 11 atom stereocenters. The van der Waals surface area contributed by atoms with Crippen LogP contribution < -0.4 is 81.4 Å². The lowest BCUT2D eigenvalue weighted by atomic mass is 10.0. The number of aliphatic carboxylic acids is 2. The van der Waals surface area contributed by atoms with Crippen LogP contribution in [0, 0.1) is 5.92 Å². The fraction of sp³-hybridized carbons (Fsp3) is 0.525. The third kappa shape index (κ3) is 29.5. The predicted molar refractivity (Wildman–Crippen MR) is 354 cm³/mol. The number of carbonyl (C=O) groups is 16. The minimum atomic E-state index is -2.06. The molecule has 39 heteroatoms. The molecule has 0 aromatic heterocycles. The monoisotopic (exact) mass is 1430 g/mol. The van der Waals surface area contributed by atoms with E-state index in [0.29, 0.717) is 11.1 Å². The highest BCUT2D eigenvalue weighted by molar-refractivity contribution is 7.80. The second-order valence-electron chi connectivity index (χ2n) is 23.7. The Labute approximate surface area is 578 Å². The number of amides is 14. The summed E-state index contributed by atoms with van der Waals surface area (Å²) in [5, 5.41) is 74.5. The quantitative estimate of drug-likeness (QED) is 0.0127. The molecular formula is C61H89N17O21S. The molecule has 14 amide bonds. The average Bonchev–Trinajstić information content (AvgIpc) is 1.57. The van der Waals surface area contributed by atoms with Crippen molar-refractivity contribution in [3.63, 3.8) is 0 Å². The number of likely N-dealkylation sites (tertiary alicyclic amines) is 1. The molecule has 0 radical (unpaired) electrons. The van der Waals surface area contributed by atoms with Gasteiger partial charge in [0.15, 0.2) is 5.96 Å². The topological polar surface area (TPSA) is 626 Å². The maximum absolute atomic E-state index is 14.3. The Bertz CT molecular complexity index is 3300. The lowest BCUT2D eigenvalue weighted by molar-refractivity contribution is -0.144. The number of phenols is 2. The SMILES string of the molecule is CC(=O)N[C@@H](CC(C)C)C(=O)N[C@@H](Cc1ccc(O)cc1)C(=O)N[C@@H](CCCN=C(N)N)C(=O)N[C@@H](C)C(=O)N[C@@H](CC(N)=O)C(=O)NCC(=O)N[C@@H](CC(=O)O)C(=O)N[C@@H](CCC(=O)O)C(=O)N1CCC[C@H]1C(=O)N[C@@H](CS)C(=O)N[C@@H](Cc1ccc(O)cc1)C(=O)N[C@@H](CO)C(N)=O. The number of carboxylic acid groups (broad SMARTS) is 2. The number of phenolic OH excluding ortho intramolecular Hbond substituents is 2. The van der Waals surface area contributed by atoms with Gasteiger partial charge in [0.2, 0.25) is 82.7 Å². The molecule has 2 aromatic rings. The summed E-state index contributed by atoms with van der Waals surface area (Å²) in [5.41, 5.74) is 22.5. The Hall–Kier alpha value is -10.9. The fourth-order valence-electron chi connectivity index (χ4n) is 9.94. The minimum absolute atomic E-state index is 0.0439. The van der Waals surface area contributed by atoms with Gasteiger partial charge in [0, 0.05) is 45.0 Å². The molecule has 2 aromatic carbocycles. The van der Waals surface area contributed by atoms with Crippen LogP contribution in [0.15, 0.2) is 53.5 Å². The Morgan fingerprint density at radius 2 is 1.05 bits per heavy atom. The lowest BCUT2D eigenvalue weighted by Crippen LogP contribution is -2.60. The number of aromatic hydroxyl groups is 2. The van der Waals surface area contributed by atoms with Crippen LogP contribution in [0.1, 0.15) is 96.6 Å². The zero-order valence-electron chi connectivity index (χ0n) is 55.3. The molecule has 24 N–H and O–H groups in total. The van der Waals surface area contributed by atoms with Crippen molar-refractivity contribution in [1.82, 2.24) is 63.4 Å². The maximum atomic E-state index is 14.3. The van der Waals surface area contributed by atoms with E-state index in [1.165, 1.54) is 55.5 Å². The summed E-state index contributed by atoms with van der Waals surface area (Å²) in [6.45, 7) is 3.75. The number of carboxylic acids is 2. The van der Waals surface area contributed by atoms with E-state index in [-0.39, 0.29) is 81.4 Å². The number of aliphatic imine (C=N–C) groups is 1. The Kier molecular flexibility index (Phi) is 34.5. The Morgan fingerprint density at radius 1 is 0.560 bits per heavy atom. The molecule has 1 fully saturated rings. The molecule has 0 spiro atoms. The molecule has 0 aliphatic carbocycles. The average molecular weight is 1430 g/mol. The molecule has 38 nitrogen and oxygen atoms in total. The summed E-state index contributed by atoms with van der Waals surface area (Å²) in [5.74, 6) is -18.6. The minimum Gasteiger partial charge on any atom is -0.508 e. The van der Waals surface area contributed by atoms with Crippen molar-refractivity contribution >= 4 is 113 Å². The van der Waals surface area contributed by atoms with Gasteiger partial charge < -0.3 is 112 Å². The largest absolute Gasteiger partial charge is 0.508 e. The van der Waals surface area contributed by atoms with Crippen LogP contribution in [0.3, 0.4) is 0 Å². The van der Waals surface area contributed by atoms with E-state index >= 15 is 0 Å². The van der Waals surface area contributed by atoms with E-state index in [1.54, 1.807) is 13.8 Å². The van der Waals surface area contributed by atoms with Crippen LogP contribution >= 0.6 is 12.6 Å². The van der Waals surface area contributed by atoms with Crippen molar-refractivity contribution in [3.8, 4) is 11.5 Å². The number of thiol groups is 1. The second-order valence-corrected chi connectivity index (χ2v) is 24.1. The first-order valence-corrected chi connectivity index (χ1v) is 32.1. The Morgan fingerprint density at radius 3 is 1.54 bits per heavy atom. The number of aliphatic hydroxyl groups is 1. The van der Waals surface area contributed by atoms with E-state index < -0.39 is 206 Å². The number of nitrogens with zero attached hydrogens (tertiary/aromatic N) is 2. The number of aliphatic hydroxyl groups excluding tert-OH is 1. The molecule has 0 bridgehead atoms. The molecular weight excluding hydrogens is 1340 g/mol. The van der Waals surface area contributed by atoms with Gasteiger partial charge in [0.05, 0.1) is 26.0 Å². The fourth-order valence-corrected chi connectivity index (χ4v) is 10.2. The molecule has 0 saturated carbocycles. The molecule has 550 valence electrons. The second kappa shape index (κ2) is 41.4. The summed E-state index contributed by atoms with van der Waals surface area (Å²) in [7, 11) is 0. The number of carbonyl (C=O) groups excluding carboxylic acids is 14. The van der Waals surface area contributed by atoms with E-state index in [0.717, 1.165) is 11.8 Å². The van der Waals surface area contributed by atoms with E-state index in [9.17, 15) is 102 Å². The van der Waals surface area contributed by atoms with Crippen LogP contribution in [-0.4, -0.2) is 229 Å². The lowest BCUT2D eigenvalue weighted by Gasteiger charge is -2.30. The van der Waals surface area contributed by atoms with Crippen LogP contribution in [0.4, 0.5) is 0 Å². The first-order valence-electron chi connectivity index (χ1n) is 31.4. The van der Waals surface area contributed by atoms with Gasteiger partial charge in [-0.2, -0.15) is 12.6 Å². The molecule has 1 heterocycles. The van der Waals surface area contributed by atoms with Crippen molar-refractivity contribution in [2.75, 3.05) is 32.0 Å². The van der Waals surface area contributed by atoms with Crippen molar-refractivity contribution in [2.24, 2.45) is 33.8 Å². The third-order valence-corrected chi connectivity index (χ3v) is 15.4. The number of hydrogen-bond acceptors (Lipinski definition) is 21. The summed E-state index contributed by atoms with van der Waals surface area (Å²) in [4.78, 5) is 217. The molecule has 3 rings (SSSR count). The van der Waals surface area contributed by atoms with Gasteiger partial charge in [-0.15, -0.1) is 0 Å². The molecule has 1 saturated heterocycles. The number of nitrogens with one attached hydrogen (secondary N) is 11. The number of benzene rings is 2. The van der Waals surface area contributed by atoms with E-state index in [4.69, 9.17) is 22.9 Å². The first-order chi connectivity index (χ1) is 47.0. The van der Waals surface area contributed by atoms with Crippen LogP contribution in [0.25, 0.3) is 0 Å². The summed E-state index contributed by atoms with van der Waals surface area (Å²) >= 11 is 4.18. The standard InChI is InChI=1S/C61H89N17O21S/c1-29(2)21-38(69-31(4)80)54(93)74-39(22-32-9-13-34(81)14-10-32)55(94)71-36(7-5-19-66-61(64)65)53(92)68-30(3)51(90)73-41(24-46(62)83)52(91)67-26-47(84)70-42(25-49(87)88)57(96)72-37(17-18-48(85)86)60(99)78-20-6-8-45(78)59(98)77-44(28-100)58(97)75-40(23-33-11-15-35(82)16-12-33)56(95)76-43(27-79)50(63)89/h9-16,29-30,36-45,79,81-82,100H,5-8,17-28H2,1-4H3,(H2,62,83)(H2,63,89)(H,67,91)(H,68,92)(H,69,80)(H,70,84)(H,71,94)(H,72,96)(H,73,90)(H,74,93)(H,75,97)(H,76,95)(H,77,98)(H,85,86)(H,87,88)(H4,64,65,66)/t30-,36-,37-,38-,39-,40-,41-,42-,43-,44-,45-/m0/s1. The van der Waals surface area contributed by atoms with Gasteiger partial charge in [-0.1, -0.05) is 38.1 Å². The van der Waals surface area contributed by atoms with Crippen molar-refractivity contribution < 1.29 is 102 Å². The number of nitrogens with two attached hydrogens (primary N) is 4. The molecule has 1 aliphatic rings. The van der Waals surface area contributed by atoms with Gasteiger partial charge in [-0.3, -0.25) is 81.7 Å². The highest BCUT2D eigenvalue weighted by atomic mass is 32.1. The van der Waals surface area contributed by atoms with E-state index in [2.05, 4.69) is 76.1 Å². The van der Waals surface area contributed by atoms with Gasteiger partial charge in [-0.05, 0) is 86.8 Å². The first kappa shape index (κ1) is 83.4. The highest BCUT2D eigenvalue weighted by Crippen LogP contribution is 2.21. The van der Waals surface area contributed by atoms with Gasteiger partial charge in [0.1, 0.15) is 78.0 Å². The van der Waals surface area contributed by atoms with Crippen LogP contribution in [0.5, 0.6) is 11.5 Å². The number of rotatable bonds is 42. The van der Waals surface area contributed by atoms with Crippen molar-refractivity contribution in [1.29, 1.82) is 0 Å². The zero-order chi connectivity index (χ0) is 75.1. The van der Waals surface area contributed by atoms with E-state index in [1.807, 2.05) is 0 Å². The maximum Gasteiger partial charge on any atom is 0.305 e. The van der Waals surface area contributed by atoms with Crippen molar-refractivity contribution in [3.05, 3.63) is 59.7 Å². The van der Waals surface area contributed by atoms with Gasteiger partial charge in [-0.25, -0.2) is 0 Å². The molecule has 0 unspecified atom stereocenters. The smallest absolute Gasteiger partial charge is 0.305 e. The number of hydrogen-bond donors (Lipinski definition) is 21. The van der Waals surface area contributed by atoms with Gasteiger partial charge >= 0.3 is 11.9 Å². The number of primary amides is 2. The highest BCUT2D eigenvalue weighted by Gasteiger charge is 2.41. The van der Waals surface area contributed by atoms with Crippen molar-refractivity contribution in [2.45, 2.75) is 165 Å². The van der Waals surface area contributed by atoms with Crippen LogP contribution in [-0.2, 0) is 89.6 Å².